The number of nitrogens with zero attached hydrogens (tertiary/aromatic N) is 4. The van der Waals surface area contributed by atoms with Crippen molar-refractivity contribution in [1.29, 1.82) is 0 Å². The van der Waals surface area contributed by atoms with E-state index in [1.807, 2.05) is 6.07 Å². The molecule has 0 saturated carbocycles. The first-order valence-corrected chi connectivity index (χ1v) is 7.69. The van der Waals surface area contributed by atoms with Crippen LogP contribution in [-0.2, 0) is 6.42 Å². The number of hydrogen-bond acceptors (Lipinski definition) is 7. The lowest BCUT2D eigenvalue weighted by atomic mass is 10.3. The zero-order valence-electron chi connectivity index (χ0n) is 12.8. The molecular formula is C14H26N6O. The van der Waals surface area contributed by atoms with E-state index < -0.39 is 0 Å². The Kier molecular flexibility index (Phi) is 6.16. The molecular weight excluding hydrogens is 268 g/mol. The largest absolute Gasteiger partial charge is 0.395 e. The highest BCUT2D eigenvalue weighted by Crippen LogP contribution is 2.18. The summed E-state index contributed by atoms with van der Waals surface area (Å²) < 4.78 is 0. The summed E-state index contributed by atoms with van der Waals surface area (Å²) in [7, 11) is 0. The zero-order chi connectivity index (χ0) is 15.1. The Labute approximate surface area is 126 Å². The highest BCUT2D eigenvalue weighted by Gasteiger charge is 2.17. The van der Waals surface area contributed by atoms with Gasteiger partial charge in [0.2, 0.25) is 0 Å². The van der Waals surface area contributed by atoms with Gasteiger partial charge in [0.1, 0.15) is 17.5 Å². The first kappa shape index (κ1) is 15.9. The maximum Gasteiger partial charge on any atom is 0.145 e. The molecule has 1 aliphatic rings. The van der Waals surface area contributed by atoms with Gasteiger partial charge in [-0.2, -0.15) is 0 Å². The molecule has 0 aliphatic carbocycles. The van der Waals surface area contributed by atoms with E-state index in [4.69, 9.17) is 10.9 Å². The second-order valence-electron chi connectivity index (χ2n) is 5.33. The molecule has 0 atom stereocenters. The first-order chi connectivity index (χ1) is 10.3. The number of aromatic nitrogens is 2. The monoisotopic (exact) mass is 294 g/mol. The third-order valence-corrected chi connectivity index (χ3v) is 3.71. The number of anilines is 2. The number of nitrogens with one attached hydrogen (secondary N) is 1. The number of aryl methyl sites for hydroxylation is 1. The quantitative estimate of drug-likeness (QED) is 0.510. The van der Waals surface area contributed by atoms with Gasteiger partial charge in [-0.05, 0) is 19.4 Å². The van der Waals surface area contributed by atoms with Crippen LogP contribution < -0.4 is 16.2 Å². The van der Waals surface area contributed by atoms with Crippen molar-refractivity contribution in [3.8, 4) is 0 Å². The van der Waals surface area contributed by atoms with Crippen molar-refractivity contribution >= 4 is 11.6 Å². The van der Waals surface area contributed by atoms with Gasteiger partial charge >= 0.3 is 0 Å². The summed E-state index contributed by atoms with van der Waals surface area (Å²) >= 11 is 0. The summed E-state index contributed by atoms with van der Waals surface area (Å²) in [6.07, 6.45) is 2.93. The van der Waals surface area contributed by atoms with Gasteiger partial charge in [-0.15, -0.1) is 0 Å². The van der Waals surface area contributed by atoms with E-state index in [1.165, 1.54) is 0 Å². The molecule has 0 spiro atoms. The lowest BCUT2D eigenvalue weighted by molar-refractivity contribution is 0.204. The maximum absolute atomic E-state index is 9.06. The predicted molar refractivity (Wildman–Crippen MR) is 84.2 cm³/mol. The molecule has 1 aromatic heterocycles. The van der Waals surface area contributed by atoms with Crippen molar-refractivity contribution in [3.05, 3.63) is 11.9 Å². The molecule has 1 aromatic rings. The smallest absolute Gasteiger partial charge is 0.145 e. The number of β-amino-alcohol motifs (C(OH)–C–C–N with tert-alkyl or cyclic N) is 1. The molecule has 7 heteroatoms. The van der Waals surface area contributed by atoms with Gasteiger partial charge in [-0.25, -0.2) is 15.8 Å². The van der Waals surface area contributed by atoms with Crippen molar-refractivity contribution in [1.82, 2.24) is 14.9 Å². The Bertz CT molecular complexity index is 441. The molecule has 1 saturated heterocycles. The van der Waals surface area contributed by atoms with Crippen LogP contribution in [-0.4, -0.2) is 59.3 Å². The molecule has 4 N–H and O–H groups in total. The number of nitrogens with two attached hydrogens (primary N) is 1. The molecule has 2 heterocycles. The molecule has 0 aromatic carbocycles. The normalized spacial score (nSPS) is 16.8. The van der Waals surface area contributed by atoms with E-state index in [1.54, 1.807) is 0 Å². The minimum Gasteiger partial charge on any atom is -0.395 e. The highest BCUT2D eigenvalue weighted by atomic mass is 16.3. The number of rotatable bonds is 6. The molecule has 0 radical (unpaired) electrons. The van der Waals surface area contributed by atoms with Crippen LogP contribution in [0.15, 0.2) is 6.07 Å². The molecule has 118 valence electrons. The van der Waals surface area contributed by atoms with E-state index in [9.17, 15) is 0 Å². The van der Waals surface area contributed by atoms with Crippen LogP contribution in [0, 0.1) is 0 Å². The molecule has 0 bridgehead atoms. The van der Waals surface area contributed by atoms with E-state index in [0.717, 1.165) is 63.6 Å². The van der Waals surface area contributed by atoms with Crippen molar-refractivity contribution in [2.45, 2.75) is 26.2 Å². The van der Waals surface area contributed by atoms with E-state index in [0.29, 0.717) is 5.82 Å². The Morgan fingerprint density at radius 2 is 2.14 bits per heavy atom. The minimum atomic E-state index is 0.218. The highest BCUT2D eigenvalue weighted by molar-refractivity contribution is 5.49. The number of aliphatic hydroxyl groups excluding tert-OH is 1. The molecule has 1 fully saturated rings. The maximum atomic E-state index is 9.06. The second-order valence-corrected chi connectivity index (χ2v) is 5.33. The van der Waals surface area contributed by atoms with Crippen LogP contribution in [0.2, 0.25) is 0 Å². The van der Waals surface area contributed by atoms with E-state index >= 15 is 0 Å². The van der Waals surface area contributed by atoms with Crippen LogP contribution in [0.1, 0.15) is 25.6 Å². The van der Waals surface area contributed by atoms with E-state index in [-0.39, 0.29) is 6.61 Å². The zero-order valence-corrected chi connectivity index (χ0v) is 12.8. The second kappa shape index (κ2) is 8.11. The fourth-order valence-corrected chi connectivity index (χ4v) is 2.62. The average Bonchev–Trinajstić information content (AvgIpc) is 2.73. The molecule has 0 amide bonds. The molecule has 1 aliphatic heterocycles. The van der Waals surface area contributed by atoms with Gasteiger partial charge in [0.05, 0.1) is 6.61 Å². The summed E-state index contributed by atoms with van der Waals surface area (Å²) in [4.78, 5) is 13.6. The molecule has 2 rings (SSSR count). The summed E-state index contributed by atoms with van der Waals surface area (Å²) in [5.41, 5.74) is 2.63. The van der Waals surface area contributed by atoms with E-state index in [2.05, 4.69) is 32.1 Å². The van der Waals surface area contributed by atoms with Gasteiger partial charge in [0.25, 0.3) is 0 Å². The predicted octanol–water partition coefficient (Wildman–Crippen LogP) is 0.219. The van der Waals surface area contributed by atoms with Gasteiger partial charge in [-0.3, -0.25) is 4.90 Å². The number of hydrogen-bond donors (Lipinski definition) is 3. The lowest BCUT2D eigenvalue weighted by Gasteiger charge is -2.23. The van der Waals surface area contributed by atoms with Crippen LogP contribution >= 0.6 is 0 Å². The molecule has 21 heavy (non-hydrogen) atoms. The van der Waals surface area contributed by atoms with Gasteiger partial charge < -0.3 is 15.4 Å². The first-order valence-electron chi connectivity index (χ1n) is 7.69. The van der Waals surface area contributed by atoms with Crippen molar-refractivity contribution < 1.29 is 5.11 Å². The standard InChI is InChI=1S/C14H26N6O/c1-2-4-12-16-13(18-15)11-14(17-12)20-6-3-5-19(7-8-20)9-10-21/h11,21H,2-10,15H2,1H3,(H,16,17,18). The Balaban J connectivity index is 2.11. The fourth-order valence-electron chi connectivity index (χ4n) is 2.62. The molecule has 7 nitrogen and oxygen atoms in total. The number of hydrazine groups is 1. The third kappa shape index (κ3) is 4.52. The van der Waals surface area contributed by atoms with Crippen LogP contribution in [0.5, 0.6) is 0 Å². The topological polar surface area (TPSA) is 90.5 Å². The fraction of sp³-hybridized carbons (Fsp3) is 0.714. The lowest BCUT2D eigenvalue weighted by Crippen LogP contribution is -2.33. The van der Waals surface area contributed by atoms with Crippen LogP contribution in [0.3, 0.4) is 0 Å². The van der Waals surface area contributed by atoms with Crippen molar-refractivity contribution in [2.24, 2.45) is 5.84 Å². The van der Waals surface area contributed by atoms with Gasteiger partial charge in [-0.1, -0.05) is 6.92 Å². The minimum absolute atomic E-state index is 0.218. The van der Waals surface area contributed by atoms with Crippen LogP contribution in [0.4, 0.5) is 11.6 Å². The van der Waals surface area contributed by atoms with Crippen molar-refractivity contribution in [2.75, 3.05) is 49.7 Å². The van der Waals surface area contributed by atoms with Crippen LogP contribution in [0.25, 0.3) is 0 Å². The summed E-state index contributed by atoms with van der Waals surface area (Å²) in [5.74, 6) is 7.95. The average molecular weight is 294 g/mol. The summed E-state index contributed by atoms with van der Waals surface area (Å²) in [5, 5.41) is 9.06. The Morgan fingerprint density at radius 3 is 2.86 bits per heavy atom. The van der Waals surface area contributed by atoms with Gasteiger partial charge in [0.15, 0.2) is 0 Å². The third-order valence-electron chi connectivity index (χ3n) is 3.71. The Morgan fingerprint density at radius 1 is 1.29 bits per heavy atom. The molecule has 0 unspecified atom stereocenters. The van der Waals surface area contributed by atoms with Gasteiger partial charge in [0, 0.05) is 38.7 Å². The Hall–Kier alpha value is -1.44. The summed E-state index contributed by atoms with van der Waals surface area (Å²) in [6.45, 7) is 6.92. The number of aliphatic hydroxyl groups is 1. The SMILES string of the molecule is CCCc1nc(NN)cc(N2CCCN(CCO)CC2)n1. The number of nitrogen functional groups attached to an aromatic ring is 1. The summed E-state index contributed by atoms with van der Waals surface area (Å²) in [6, 6.07) is 1.90. The van der Waals surface area contributed by atoms with Crippen molar-refractivity contribution in [3.63, 3.8) is 0 Å².